The van der Waals surface area contributed by atoms with Crippen LogP contribution in [-0.2, 0) is 10.0 Å². The van der Waals surface area contributed by atoms with Gasteiger partial charge in [-0.25, -0.2) is 8.78 Å². The molecule has 1 amide bonds. The van der Waals surface area contributed by atoms with Gasteiger partial charge in [-0.1, -0.05) is 24.1 Å². The van der Waals surface area contributed by atoms with Crippen molar-refractivity contribution in [1.82, 2.24) is 5.32 Å². The van der Waals surface area contributed by atoms with Gasteiger partial charge < -0.3 is 10.2 Å². The van der Waals surface area contributed by atoms with Gasteiger partial charge in [-0.2, -0.15) is 8.42 Å². The van der Waals surface area contributed by atoms with Gasteiger partial charge >= 0.3 is 0 Å². The first-order valence-corrected chi connectivity index (χ1v) is 11.7. The lowest BCUT2D eigenvalue weighted by Gasteiger charge is -2.30. The number of sulfonamides is 1. The van der Waals surface area contributed by atoms with Crippen LogP contribution in [0.2, 0.25) is 5.02 Å². The summed E-state index contributed by atoms with van der Waals surface area (Å²) >= 11 is 6.36. The van der Waals surface area contributed by atoms with Crippen molar-refractivity contribution in [3.63, 3.8) is 0 Å². The Kier molecular flexibility index (Phi) is 5.74. The number of benzene rings is 2. The van der Waals surface area contributed by atoms with Crippen LogP contribution in [0.1, 0.15) is 54.6 Å². The number of hydrogen-bond donors (Lipinski definition) is 1. The molecule has 2 aromatic carbocycles. The zero-order valence-corrected chi connectivity index (χ0v) is 18.2. The van der Waals surface area contributed by atoms with E-state index in [4.69, 9.17) is 11.6 Å². The summed E-state index contributed by atoms with van der Waals surface area (Å²) in [6, 6.07) is 4.94. The van der Waals surface area contributed by atoms with Crippen LogP contribution in [0.25, 0.3) is 0 Å². The number of rotatable bonds is 3. The molecule has 0 bridgehead atoms. The Labute approximate surface area is 184 Å². The molecular weight excluding hydrogens is 448 g/mol. The number of fused-ring (bicyclic) bond motifs is 3. The number of amidine groups is 1. The van der Waals surface area contributed by atoms with E-state index in [1.54, 1.807) is 0 Å². The quantitative estimate of drug-likeness (QED) is 0.716. The fourth-order valence-electron chi connectivity index (χ4n) is 3.88. The highest BCUT2D eigenvalue weighted by molar-refractivity contribution is 7.90. The molecule has 4 rings (SSSR count). The maximum absolute atomic E-state index is 14.0. The van der Waals surface area contributed by atoms with Gasteiger partial charge in [0.25, 0.3) is 15.9 Å². The number of carbonyl (C=O) groups excluding carboxylic acids is 1. The van der Waals surface area contributed by atoms with Crippen molar-refractivity contribution in [3.05, 3.63) is 58.1 Å². The number of halogens is 3. The average Bonchev–Trinajstić information content (AvgIpc) is 2.92. The minimum Gasteiger partial charge on any atom is -0.345 e. The zero-order chi connectivity index (χ0) is 22.3. The van der Waals surface area contributed by atoms with Crippen molar-refractivity contribution in [2.75, 3.05) is 11.4 Å². The molecule has 2 aromatic rings. The molecule has 1 N–H and O–H groups in total. The van der Waals surface area contributed by atoms with E-state index >= 15 is 0 Å². The summed E-state index contributed by atoms with van der Waals surface area (Å²) in [7, 11) is -3.99. The van der Waals surface area contributed by atoms with E-state index in [1.165, 1.54) is 25.1 Å². The van der Waals surface area contributed by atoms with Crippen molar-refractivity contribution in [2.45, 2.75) is 43.5 Å². The second kappa shape index (κ2) is 8.20. The summed E-state index contributed by atoms with van der Waals surface area (Å²) in [6.45, 7) is 2.15. The molecule has 2 aliphatic heterocycles. The van der Waals surface area contributed by atoms with Gasteiger partial charge in [0.05, 0.1) is 22.3 Å². The molecule has 6 nitrogen and oxygen atoms in total. The topological polar surface area (TPSA) is 78.8 Å². The number of carbonyl (C=O) groups is 1. The SMILES string of the molecule is CC(NC(=O)c1cc2c(cc1Cl)N1CCCCCC1=NS2(=O)=O)c1ccc(F)cc1F. The van der Waals surface area contributed by atoms with Gasteiger partial charge in [0, 0.05) is 24.6 Å². The summed E-state index contributed by atoms with van der Waals surface area (Å²) < 4.78 is 56.7. The van der Waals surface area contributed by atoms with E-state index in [9.17, 15) is 22.0 Å². The fraction of sp³-hybridized carbons (Fsp3) is 0.333. The predicted molar refractivity (Wildman–Crippen MR) is 114 cm³/mol. The molecule has 1 fully saturated rings. The predicted octanol–water partition coefficient (Wildman–Crippen LogP) is 4.59. The molecule has 2 heterocycles. The van der Waals surface area contributed by atoms with E-state index < -0.39 is 33.6 Å². The number of hydrogen-bond acceptors (Lipinski definition) is 4. The van der Waals surface area contributed by atoms with Crippen molar-refractivity contribution in [1.29, 1.82) is 0 Å². The average molecular weight is 468 g/mol. The molecule has 0 spiro atoms. The first-order chi connectivity index (χ1) is 14.7. The van der Waals surface area contributed by atoms with Crippen molar-refractivity contribution >= 4 is 39.1 Å². The van der Waals surface area contributed by atoms with Gasteiger partial charge in [0.1, 0.15) is 22.4 Å². The molecule has 1 saturated heterocycles. The second-order valence-corrected chi connectivity index (χ2v) is 9.59. The Morgan fingerprint density at radius 2 is 1.97 bits per heavy atom. The van der Waals surface area contributed by atoms with E-state index in [0.29, 0.717) is 24.5 Å². The third-order valence-corrected chi connectivity index (χ3v) is 7.10. The highest BCUT2D eigenvalue weighted by Crippen LogP contribution is 2.38. The van der Waals surface area contributed by atoms with Gasteiger partial charge in [-0.05, 0) is 38.0 Å². The Morgan fingerprint density at radius 1 is 1.19 bits per heavy atom. The van der Waals surface area contributed by atoms with Gasteiger partial charge in [-0.15, -0.1) is 4.40 Å². The monoisotopic (exact) mass is 467 g/mol. The number of amides is 1. The minimum atomic E-state index is -3.99. The van der Waals surface area contributed by atoms with Crippen LogP contribution in [0.4, 0.5) is 14.5 Å². The third kappa shape index (κ3) is 4.16. The largest absolute Gasteiger partial charge is 0.345 e. The molecule has 1 atom stereocenters. The molecular formula is C21H20ClF2N3O3S. The lowest BCUT2D eigenvalue weighted by Crippen LogP contribution is -2.35. The lowest BCUT2D eigenvalue weighted by molar-refractivity contribution is 0.0939. The molecule has 1 unspecified atom stereocenters. The number of nitrogens with one attached hydrogen (secondary N) is 1. The van der Waals surface area contributed by atoms with Gasteiger partial charge in [0.15, 0.2) is 0 Å². The smallest absolute Gasteiger partial charge is 0.286 e. The van der Waals surface area contributed by atoms with Crippen molar-refractivity contribution < 1.29 is 22.0 Å². The maximum Gasteiger partial charge on any atom is 0.286 e. The van der Waals surface area contributed by atoms with Crippen LogP contribution < -0.4 is 10.2 Å². The van der Waals surface area contributed by atoms with Gasteiger partial charge in [-0.3, -0.25) is 4.79 Å². The Bertz CT molecular complexity index is 1200. The summed E-state index contributed by atoms with van der Waals surface area (Å²) in [5, 5.41) is 2.66. The molecule has 0 saturated carbocycles. The first-order valence-electron chi connectivity index (χ1n) is 9.88. The van der Waals surface area contributed by atoms with Crippen LogP contribution in [0.5, 0.6) is 0 Å². The van der Waals surface area contributed by atoms with E-state index in [1.807, 2.05) is 4.90 Å². The zero-order valence-electron chi connectivity index (χ0n) is 16.7. The van der Waals surface area contributed by atoms with Crippen LogP contribution in [-0.4, -0.2) is 26.7 Å². The molecule has 10 heteroatoms. The summed E-state index contributed by atoms with van der Waals surface area (Å²) in [5.74, 6) is -1.71. The van der Waals surface area contributed by atoms with Crippen LogP contribution in [0.3, 0.4) is 0 Å². The van der Waals surface area contributed by atoms with Crippen molar-refractivity contribution in [2.24, 2.45) is 4.40 Å². The Balaban J connectivity index is 1.68. The Hall–Kier alpha value is -2.52. The van der Waals surface area contributed by atoms with Crippen LogP contribution in [0.15, 0.2) is 39.6 Å². The van der Waals surface area contributed by atoms with E-state index in [0.717, 1.165) is 31.4 Å². The molecule has 31 heavy (non-hydrogen) atoms. The third-order valence-electron chi connectivity index (χ3n) is 5.46. The molecule has 0 radical (unpaired) electrons. The fourth-order valence-corrected chi connectivity index (χ4v) is 5.38. The highest BCUT2D eigenvalue weighted by atomic mass is 35.5. The number of anilines is 1. The van der Waals surface area contributed by atoms with Crippen molar-refractivity contribution in [3.8, 4) is 0 Å². The molecule has 0 aliphatic carbocycles. The minimum absolute atomic E-state index is 0.0631. The maximum atomic E-state index is 14.0. The van der Waals surface area contributed by atoms with Crippen LogP contribution >= 0.6 is 11.6 Å². The van der Waals surface area contributed by atoms with E-state index in [-0.39, 0.29) is 21.0 Å². The first kappa shape index (κ1) is 21.7. The highest BCUT2D eigenvalue weighted by Gasteiger charge is 2.33. The van der Waals surface area contributed by atoms with E-state index in [2.05, 4.69) is 9.71 Å². The Morgan fingerprint density at radius 3 is 2.71 bits per heavy atom. The summed E-state index contributed by atoms with van der Waals surface area (Å²) in [6.07, 6.45) is 3.27. The van der Waals surface area contributed by atoms with Crippen LogP contribution in [0, 0.1) is 11.6 Å². The lowest BCUT2D eigenvalue weighted by atomic mass is 10.1. The second-order valence-electron chi connectivity index (χ2n) is 7.61. The van der Waals surface area contributed by atoms with Gasteiger partial charge in [0.2, 0.25) is 0 Å². The molecule has 164 valence electrons. The normalized spacial score (nSPS) is 18.3. The number of nitrogens with zero attached hydrogens (tertiary/aromatic N) is 2. The molecule has 2 aliphatic rings. The standard InChI is InChI=1S/C21H20ClF2N3O3S/c1-12(14-7-6-13(23)9-17(14)24)25-21(28)15-10-19-18(11-16(15)22)27-8-4-2-3-5-20(27)26-31(19,29)30/h6-7,9-12H,2-5,8H2,1H3,(H,25,28). The summed E-state index contributed by atoms with van der Waals surface area (Å²) in [4.78, 5) is 14.6. The molecule has 0 aromatic heterocycles. The summed E-state index contributed by atoms with van der Waals surface area (Å²) in [5.41, 5.74) is 0.438.